The largest absolute Gasteiger partial charge is 0.312 e. The second-order valence-electron chi connectivity index (χ2n) is 4.40. The monoisotopic (exact) mass is 229 g/mol. The van der Waals surface area contributed by atoms with Gasteiger partial charge in [-0.15, -0.1) is 11.3 Å². The summed E-state index contributed by atoms with van der Waals surface area (Å²) in [5.74, 6) is 0.659. The van der Waals surface area contributed by atoms with Crippen LogP contribution < -0.4 is 5.32 Å². The minimum absolute atomic E-state index is 0.659. The Hall–Kier alpha value is -1.12. The molecule has 1 unspecified atom stereocenters. The molecule has 0 amide bonds. The van der Waals surface area contributed by atoms with Gasteiger partial charge in [0.05, 0.1) is 0 Å². The molecule has 1 nitrogen and oxygen atoms in total. The van der Waals surface area contributed by atoms with Crippen molar-refractivity contribution in [1.82, 2.24) is 5.32 Å². The molecule has 1 aliphatic rings. The van der Waals surface area contributed by atoms with Gasteiger partial charge >= 0.3 is 0 Å². The summed E-state index contributed by atoms with van der Waals surface area (Å²) in [6.07, 6.45) is 0. The lowest BCUT2D eigenvalue weighted by Crippen LogP contribution is -2.24. The van der Waals surface area contributed by atoms with Crippen LogP contribution in [-0.2, 0) is 6.54 Å². The van der Waals surface area contributed by atoms with E-state index in [1.165, 1.54) is 16.0 Å². The van der Waals surface area contributed by atoms with Crippen molar-refractivity contribution in [2.45, 2.75) is 19.4 Å². The zero-order valence-electron chi connectivity index (χ0n) is 9.36. The smallest absolute Gasteiger partial charge is 0.0349 e. The zero-order chi connectivity index (χ0) is 11.0. The number of hydrogen-bond donors (Lipinski definition) is 1. The Morgan fingerprint density at radius 2 is 2.06 bits per heavy atom. The van der Waals surface area contributed by atoms with Crippen molar-refractivity contribution in [3.8, 4) is 10.4 Å². The lowest BCUT2D eigenvalue weighted by Gasteiger charge is -2.18. The summed E-state index contributed by atoms with van der Waals surface area (Å²) in [5, 5.41) is 3.46. The molecule has 0 bridgehead atoms. The Balaban J connectivity index is 2.05. The molecule has 1 aromatic carbocycles. The standard InChI is InChI=1S/C14H15NS/c1-10-8-15-9-12-7-13(16-14(10)12)11-5-3-2-4-6-11/h2-7,10,15H,8-9H2,1H3. The molecule has 2 heteroatoms. The molecule has 0 aliphatic carbocycles. The van der Waals surface area contributed by atoms with Gasteiger partial charge in [-0.25, -0.2) is 0 Å². The SMILES string of the molecule is CC1CNCc2cc(-c3ccccc3)sc21. The number of nitrogens with one attached hydrogen (secondary N) is 1. The second-order valence-corrected chi connectivity index (χ2v) is 5.48. The van der Waals surface area contributed by atoms with Crippen LogP contribution in [0.5, 0.6) is 0 Å². The predicted molar refractivity (Wildman–Crippen MR) is 69.9 cm³/mol. The van der Waals surface area contributed by atoms with E-state index < -0.39 is 0 Å². The second kappa shape index (κ2) is 4.04. The highest BCUT2D eigenvalue weighted by Crippen LogP contribution is 2.37. The minimum atomic E-state index is 0.659. The van der Waals surface area contributed by atoms with Crippen LogP contribution in [0.25, 0.3) is 10.4 Å². The van der Waals surface area contributed by atoms with Crippen molar-refractivity contribution < 1.29 is 0 Å². The fourth-order valence-electron chi connectivity index (χ4n) is 2.26. The first-order valence-corrected chi connectivity index (χ1v) is 6.55. The first-order valence-electron chi connectivity index (χ1n) is 5.73. The summed E-state index contributed by atoms with van der Waals surface area (Å²) >= 11 is 1.96. The quantitative estimate of drug-likeness (QED) is 0.787. The molecule has 1 aliphatic heterocycles. The molecule has 1 N–H and O–H groups in total. The van der Waals surface area contributed by atoms with Crippen LogP contribution in [0, 0.1) is 0 Å². The van der Waals surface area contributed by atoms with Crippen molar-refractivity contribution in [3.63, 3.8) is 0 Å². The lowest BCUT2D eigenvalue weighted by atomic mass is 10.0. The molecule has 82 valence electrons. The van der Waals surface area contributed by atoms with E-state index in [-0.39, 0.29) is 0 Å². The predicted octanol–water partition coefficient (Wildman–Crippen LogP) is 3.62. The van der Waals surface area contributed by atoms with E-state index in [1.807, 2.05) is 11.3 Å². The van der Waals surface area contributed by atoms with E-state index in [4.69, 9.17) is 0 Å². The molecular weight excluding hydrogens is 214 g/mol. The van der Waals surface area contributed by atoms with E-state index in [0.717, 1.165) is 13.1 Å². The highest BCUT2D eigenvalue weighted by molar-refractivity contribution is 7.15. The molecule has 0 spiro atoms. The maximum atomic E-state index is 3.46. The average molecular weight is 229 g/mol. The van der Waals surface area contributed by atoms with E-state index >= 15 is 0 Å². The Kier molecular flexibility index (Phi) is 2.54. The summed E-state index contributed by atoms with van der Waals surface area (Å²) in [7, 11) is 0. The molecule has 0 radical (unpaired) electrons. The fraction of sp³-hybridized carbons (Fsp3) is 0.286. The molecule has 2 heterocycles. The van der Waals surface area contributed by atoms with Crippen molar-refractivity contribution >= 4 is 11.3 Å². The van der Waals surface area contributed by atoms with Crippen LogP contribution in [0.4, 0.5) is 0 Å². The van der Waals surface area contributed by atoms with E-state index in [9.17, 15) is 0 Å². The van der Waals surface area contributed by atoms with Crippen LogP contribution in [0.2, 0.25) is 0 Å². The van der Waals surface area contributed by atoms with Gasteiger partial charge in [-0.2, -0.15) is 0 Å². The third kappa shape index (κ3) is 1.68. The van der Waals surface area contributed by atoms with Crippen LogP contribution in [-0.4, -0.2) is 6.54 Å². The van der Waals surface area contributed by atoms with Crippen molar-refractivity contribution in [2.24, 2.45) is 0 Å². The molecule has 0 fully saturated rings. The maximum Gasteiger partial charge on any atom is 0.0349 e. The molecule has 1 aromatic heterocycles. The van der Waals surface area contributed by atoms with Gasteiger partial charge in [-0.05, 0) is 17.2 Å². The summed E-state index contributed by atoms with van der Waals surface area (Å²) in [4.78, 5) is 2.97. The van der Waals surface area contributed by atoms with Crippen molar-refractivity contribution in [1.29, 1.82) is 0 Å². The summed E-state index contributed by atoms with van der Waals surface area (Å²) in [5.41, 5.74) is 2.83. The maximum absolute atomic E-state index is 3.46. The Bertz CT molecular complexity index is 487. The fourth-order valence-corrected chi connectivity index (χ4v) is 3.50. The topological polar surface area (TPSA) is 12.0 Å². The van der Waals surface area contributed by atoms with E-state index in [0.29, 0.717) is 5.92 Å². The van der Waals surface area contributed by atoms with Crippen LogP contribution in [0.1, 0.15) is 23.3 Å². The Morgan fingerprint density at radius 1 is 1.25 bits per heavy atom. The third-order valence-electron chi connectivity index (χ3n) is 3.11. The van der Waals surface area contributed by atoms with Crippen LogP contribution in [0.15, 0.2) is 36.4 Å². The summed E-state index contributed by atoms with van der Waals surface area (Å²) in [6, 6.07) is 13.0. The highest BCUT2D eigenvalue weighted by Gasteiger charge is 2.19. The first kappa shape index (κ1) is 10.1. The molecule has 16 heavy (non-hydrogen) atoms. The molecule has 0 saturated carbocycles. The van der Waals surface area contributed by atoms with Crippen molar-refractivity contribution in [3.05, 3.63) is 46.8 Å². The van der Waals surface area contributed by atoms with E-state index in [2.05, 4.69) is 48.6 Å². The van der Waals surface area contributed by atoms with Gasteiger partial charge in [0, 0.05) is 28.8 Å². The molecule has 2 aromatic rings. The molecular formula is C14H15NS. The van der Waals surface area contributed by atoms with Gasteiger partial charge in [0.25, 0.3) is 0 Å². The van der Waals surface area contributed by atoms with Gasteiger partial charge in [0.2, 0.25) is 0 Å². The number of thiophene rings is 1. The van der Waals surface area contributed by atoms with Gasteiger partial charge < -0.3 is 5.32 Å². The molecule has 3 rings (SSSR count). The molecule has 1 atom stereocenters. The average Bonchev–Trinajstić information content (AvgIpc) is 2.76. The van der Waals surface area contributed by atoms with Gasteiger partial charge in [-0.1, -0.05) is 37.3 Å². The highest BCUT2D eigenvalue weighted by atomic mass is 32.1. The van der Waals surface area contributed by atoms with Gasteiger partial charge in [0.1, 0.15) is 0 Å². The first-order chi connectivity index (χ1) is 7.84. The third-order valence-corrected chi connectivity index (χ3v) is 4.57. The summed E-state index contributed by atoms with van der Waals surface area (Å²) in [6.45, 7) is 4.45. The minimum Gasteiger partial charge on any atom is -0.312 e. The van der Waals surface area contributed by atoms with Gasteiger partial charge in [-0.3, -0.25) is 0 Å². The number of benzene rings is 1. The normalized spacial score (nSPS) is 19.4. The number of hydrogen-bond acceptors (Lipinski definition) is 2. The lowest BCUT2D eigenvalue weighted by molar-refractivity contribution is 0.581. The molecule has 0 saturated heterocycles. The zero-order valence-corrected chi connectivity index (χ0v) is 10.2. The van der Waals surface area contributed by atoms with E-state index in [1.54, 1.807) is 4.88 Å². The van der Waals surface area contributed by atoms with Gasteiger partial charge in [0.15, 0.2) is 0 Å². The van der Waals surface area contributed by atoms with Crippen molar-refractivity contribution in [2.75, 3.05) is 6.54 Å². The van der Waals surface area contributed by atoms with Crippen LogP contribution in [0.3, 0.4) is 0 Å². The number of rotatable bonds is 1. The Morgan fingerprint density at radius 3 is 2.81 bits per heavy atom. The van der Waals surface area contributed by atoms with Crippen LogP contribution >= 0.6 is 11.3 Å². The Labute approximate surface area is 100 Å². The summed E-state index contributed by atoms with van der Waals surface area (Å²) < 4.78 is 0. The number of fused-ring (bicyclic) bond motifs is 1.